The van der Waals surface area contributed by atoms with Crippen molar-refractivity contribution in [2.24, 2.45) is 22.7 Å². The monoisotopic (exact) mass is 374 g/mol. The van der Waals surface area contributed by atoms with Gasteiger partial charge in [-0.15, -0.1) is 0 Å². The molecule has 5 nitrogen and oxygen atoms in total. The molecule has 1 aromatic rings. The van der Waals surface area contributed by atoms with Crippen LogP contribution in [0.2, 0.25) is 0 Å². The summed E-state index contributed by atoms with van der Waals surface area (Å²) in [6, 6.07) is 1.90. The quantitative estimate of drug-likeness (QED) is 0.737. The van der Waals surface area contributed by atoms with E-state index in [1.807, 2.05) is 13.0 Å². The number of rotatable bonds is 1. The summed E-state index contributed by atoms with van der Waals surface area (Å²) in [7, 11) is 0. The lowest BCUT2D eigenvalue weighted by Gasteiger charge is -2.67. The van der Waals surface area contributed by atoms with E-state index in [-0.39, 0.29) is 24.2 Å². The van der Waals surface area contributed by atoms with Crippen LogP contribution in [0, 0.1) is 22.7 Å². The molecular weight excluding hydrogens is 344 g/mol. The minimum atomic E-state index is -1.16. The van der Waals surface area contributed by atoms with Gasteiger partial charge in [-0.25, -0.2) is 0 Å². The topological polar surface area (TPSA) is 79.9 Å². The molecular formula is C22H30O5. The standard InChI is InChI=1S/C22H30O5/c1-12-14-7-9-26-17(14)10-15-19(12)16(24)11-22(25)20(3,4)8-6-18(21(15,22)5)27-13(2)23/h7,9,15-16,18-19,24-25H,1,6,8,10-11H2,2-5H3. The van der Waals surface area contributed by atoms with Gasteiger partial charge in [-0.3, -0.25) is 4.79 Å². The number of ether oxygens (including phenoxy) is 1. The highest BCUT2D eigenvalue weighted by Crippen LogP contribution is 2.67. The van der Waals surface area contributed by atoms with Gasteiger partial charge >= 0.3 is 5.97 Å². The molecule has 2 fully saturated rings. The van der Waals surface area contributed by atoms with Crippen molar-refractivity contribution >= 4 is 11.5 Å². The zero-order valence-electron chi connectivity index (χ0n) is 16.6. The molecule has 1 heterocycles. The van der Waals surface area contributed by atoms with Gasteiger partial charge in [0, 0.05) is 36.7 Å². The van der Waals surface area contributed by atoms with Crippen LogP contribution in [0.5, 0.6) is 0 Å². The van der Waals surface area contributed by atoms with Crippen molar-refractivity contribution in [3.8, 4) is 0 Å². The molecule has 0 spiro atoms. The van der Waals surface area contributed by atoms with Crippen molar-refractivity contribution in [3.63, 3.8) is 0 Å². The van der Waals surface area contributed by atoms with Gasteiger partial charge in [-0.1, -0.05) is 27.4 Å². The Bertz CT molecular complexity index is 792. The van der Waals surface area contributed by atoms with Gasteiger partial charge in [0.1, 0.15) is 11.9 Å². The van der Waals surface area contributed by atoms with Gasteiger partial charge in [0.2, 0.25) is 0 Å². The van der Waals surface area contributed by atoms with Crippen molar-refractivity contribution in [2.75, 3.05) is 0 Å². The third kappa shape index (κ3) is 2.27. The maximum atomic E-state index is 12.0. The maximum Gasteiger partial charge on any atom is 0.302 e. The van der Waals surface area contributed by atoms with Crippen LogP contribution in [0.1, 0.15) is 58.3 Å². The Morgan fingerprint density at radius 3 is 2.74 bits per heavy atom. The predicted molar refractivity (Wildman–Crippen MR) is 101 cm³/mol. The van der Waals surface area contributed by atoms with Gasteiger partial charge < -0.3 is 19.4 Å². The molecule has 3 aliphatic rings. The van der Waals surface area contributed by atoms with Crippen molar-refractivity contribution in [1.29, 1.82) is 0 Å². The van der Waals surface area contributed by atoms with Crippen LogP contribution in [-0.4, -0.2) is 34.0 Å². The third-order valence-corrected chi connectivity index (χ3v) is 8.04. The fraction of sp³-hybridized carbons (Fsp3) is 0.682. The first-order valence-electron chi connectivity index (χ1n) is 9.86. The van der Waals surface area contributed by atoms with Gasteiger partial charge in [-0.05, 0) is 35.8 Å². The van der Waals surface area contributed by atoms with Crippen LogP contribution in [0.4, 0.5) is 0 Å². The van der Waals surface area contributed by atoms with Crippen molar-refractivity contribution < 1.29 is 24.2 Å². The SMILES string of the molecule is C=C1c2ccoc2CC2C1C(O)CC1(O)C(C)(C)CCC(OC(C)=O)C21C. The molecule has 0 aromatic carbocycles. The number of aliphatic hydroxyl groups is 2. The van der Waals surface area contributed by atoms with Gasteiger partial charge in [-0.2, -0.15) is 0 Å². The summed E-state index contributed by atoms with van der Waals surface area (Å²) in [4.78, 5) is 11.9. The molecule has 0 radical (unpaired) electrons. The van der Waals surface area contributed by atoms with E-state index in [4.69, 9.17) is 9.15 Å². The summed E-state index contributed by atoms with van der Waals surface area (Å²) in [5, 5.41) is 23.1. The molecule has 6 atom stereocenters. The average Bonchev–Trinajstić information content (AvgIpc) is 3.03. The number of aliphatic hydroxyl groups excluding tert-OH is 1. The number of carbonyl (C=O) groups excluding carboxylic acids is 1. The lowest BCUT2D eigenvalue weighted by Crippen LogP contribution is -2.73. The molecule has 4 rings (SSSR count). The number of hydrogen-bond acceptors (Lipinski definition) is 5. The van der Waals surface area contributed by atoms with E-state index in [2.05, 4.69) is 20.4 Å². The molecule has 0 bridgehead atoms. The van der Waals surface area contributed by atoms with Crippen molar-refractivity contribution in [1.82, 2.24) is 0 Å². The second-order valence-corrected chi connectivity index (χ2v) is 9.55. The minimum Gasteiger partial charge on any atom is -0.469 e. The first-order chi connectivity index (χ1) is 12.5. The smallest absolute Gasteiger partial charge is 0.302 e. The molecule has 0 saturated heterocycles. The number of esters is 1. The van der Waals surface area contributed by atoms with Crippen molar-refractivity contribution in [3.05, 3.63) is 30.2 Å². The molecule has 0 aliphatic heterocycles. The predicted octanol–water partition coefficient (Wildman–Crippen LogP) is 3.34. The lowest BCUT2D eigenvalue weighted by molar-refractivity contribution is -0.289. The van der Waals surface area contributed by atoms with Crippen LogP contribution in [0.15, 0.2) is 23.3 Å². The fourth-order valence-electron chi connectivity index (χ4n) is 6.47. The summed E-state index contributed by atoms with van der Waals surface area (Å²) in [5.41, 5.74) is -0.463. The second-order valence-electron chi connectivity index (χ2n) is 9.55. The van der Waals surface area contributed by atoms with Gasteiger partial charge in [0.05, 0.1) is 18.0 Å². The molecule has 2 N–H and O–H groups in total. The van der Waals surface area contributed by atoms with E-state index in [9.17, 15) is 15.0 Å². The Kier molecular flexibility index (Phi) is 3.97. The van der Waals surface area contributed by atoms with E-state index in [0.29, 0.717) is 12.8 Å². The van der Waals surface area contributed by atoms with Crippen LogP contribution in [-0.2, 0) is 16.0 Å². The van der Waals surface area contributed by atoms with Crippen LogP contribution < -0.4 is 0 Å². The number of hydrogen-bond donors (Lipinski definition) is 2. The molecule has 148 valence electrons. The van der Waals surface area contributed by atoms with E-state index in [1.54, 1.807) is 6.26 Å². The molecule has 2 saturated carbocycles. The first-order valence-corrected chi connectivity index (χ1v) is 9.86. The first kappa shape index (κ1) is 18.8. The Balaban J connectivity index is 1.89. The molecule has 6 unspecified atom stereocenters. The number of carbonyl (C=O) groups is 1. The highest BCUT2D eigenvalue weighted by molar-refractivity contribution is 5.70. The highest BCUT2D eigenvalue weighted by Gasteiger charge is 2.71. The molecule has 27 heavy (non-hydrogen) atoms. The van der Waals surface area contributed by atoms with Crippen LogP contribution >= 0.6 is 0 Å². The molecule has 1 aromatic heterocycles. The summed E-state index contributed by atoms with van der Waals surface area (Å²) >= 11 is 0. The van der Waals surface area contributed by atoms with E-state index < -0.39 is 28.6 Å². The maximum absolute atomic E-state index is 12.0. The van der Waals surface area contributed by atoms with Crippen molar-refractivity contribution in [2.45, 2.75) is 71.2 Å². The largest absolute Gasteiger partial charge is 0.469 e. The Morgan fingerprint density at radius 2 is 2.07 bits per heavy atom. The summed E-state index contributed by atoms with van der Waals surface area (Å²) in [5.74, 6) is 0.191. The number of fused-ring (bicyclic) bond motifs is 4. The van der Waals surface area contributed by atoms with E-state index >= 15 is 0 Å². The van der Waals surface area contributed by atoms with E-state index in [1.165, 1.54) is 6.92 Å². The Morgan fingerprint density at radius 1 is 1.37 bits per heavy atom. The third-order valence-electron chi connectivity index (χ3n) is 8.04. The average molecular weight is 374 g/mol. The highest BCUT2D eigenvalue weighted by atomic mass is 16.5. The zero-order chi connectivity index (χ0) is 19.8. The Labute approximate surface area is 160 Å². The van der Waals surface area contributed by atoms with Crippen LogP contribution in [0.25, 0.3) is 5.57 Å². The second kappa shape index (κ2) is 5.71. The molecule has 5 heteroatoms. The molecule has 0 amide bonds. The lowest BCUT2D eigenvalue weighted by atomic mass is 9.40. The normalized spacial score (nSPS) is 42.7. The van der Waals surface area contributed by atoms with Crippen LogP contribution in [0.3, 0.4) is 0 Å². The van der Waals surface area contributed by atoms with Gasteiger partial charge in [0.15, 0.2) is 0 Å². The fourth-order valence-corrected chi connectivity index (χ4v) is 6.47. The van der Waals surface area contributed by atoms with Gasteiger partial charge in [0.25, 0.3) is 0 Å². The summed E-state index contributed by atoms with van der Waals surface area (Å²) in [6.45, 7) is 11.8. The molecule has 3 aliphatic carbocycles. The Hall–Kier alpha value is -1.59. The minimum absolute atomic E-state index is 0.124. The zero-order valence-corrected chi connectivity index (χ0v) is 16.6. The number of furan rings is 1. The van der Waals surface area contributed by atoms with E-state index in [0.717, 1.165) is 23.3 Å². The summed E-state index contributed by atoms with van der Waals surface area (Å²) < 4.78 is 11.5. The summed E-state index contributed by atoms with van der Waals surface area (Å²) in [6.07, 6.45) is 2.83.